The number of benzene rings is 3. The van der Waals surface area contributed by atoms with Gasteiger partial charge in [-0.25, -0.2) is 4.79 Å². The summed E-state index contributed by atoms with van der Waals surface area (Å²) in [7, 11) is 5.65. The number of pyridine rings is 1. The van der Waals surface area contributed by atoms with E-state index in [1.54, 1.807) is 31.5 Å². The molecule has 1 aliphatic heterocycles. The molecule has 0 radical (unpaired) electrons. The number of urea groups is 1. The van der Waals surface area contributed by atoms with Gasteiger partial charge in [0, 0.05) is 42.2 Å². The van der Waals surface area contributed by atoms with E-state index < -0.39 is 0 Å². The maximum Gasteiger partial charge on any atom is 0.323 e. The number of likely N-dealkylation sites (N-methyl/N-ethyl adjacent to an activating group) is 1. The van der Waals surface area contributed by atoms with Crippen LogP contribution in [0.1, 0.15) is 43.2 Å². The van der Waals surface area contributed by atoms with Crippen LogP contribution in [0, 0.1) is 0 Å². The summed E-state index contributed by atoms with van der Waals surface area (Å²) >= 11 is 0. The van der Waals surface area contributed by atoms with Crippen LogP contribution in [0.4, 0.5) is 16.2 Å². The van der Waals surface area contributed by atoms with E-state index >= 15 is 0 Å². The first kappa shape index (κ1) is 29.8. The maximum absolute atomic E-state index is 13.2. The van der Waals surface area contributed by atoms with Crippen molar-refractivity contribution in [1.29, 1.82) is 0 Å². The van der Waals surface area contributed by atoms with Gasteiger partial charge < -0.3 is 29.9 Å². The first-order valence-electron chi connectivity index (χ1n) is 14.4. The molecular weight excluding hydrogens is 542 g/mol. The Morgan fingerprint density at radius 1 is 0.930 bits per heavy atom. The lowest BCUT2D eigenvalue weighted by Crippen LogP contribution is -2.34. The summed E-state index contributed by atoms with van der Waals surface area (Å²) in [6.45, 7) is 7.74. The van der Waals surface area contributed by atoms with Gasteiger partial charge in [-0.3, -0.25) is 9.78 Å². The number of methoxy groups -OCH3 is 1. The number of nitrogens with zero attached hydrogens (tertiary/aromatic N) is 3. The summed E-state index contributed by atoms with van der Waals surface area (Å²) in [5, 5.41) is 7.53. The molecule has 2 heterocycles. The van der Waals surface area contributed by atoms with E-state index in [-0.39, 0.29) is 17.4 Å². The number of nitrogens with one attached hydrogen (secondary N) is 2. The van der Waals surface area contributed by atoms with E-state index in [4.69, 9.17) is 9.47 Å². The Hall–Kier alpha value is -4.63. The number of amides is 3. The third kappa shape index (κ3) is 6.73. The van der Waals surface area contributed by atoms with Gasteiger partial charge in [0.1, 0.15) is 22.9 Å². The third-order valence-corrected chi connectivity index (χ3v) is 7.81. The van der Waals surface area contributed by atoms with Crippen molar-refractivity contribution in [2.24, 2.45) is 0 Å². The molecule has 1 saturated heterocycles. The highest BCUT2D eigenvalue weighted by Crippen LogP contribution is 2.35. The van der Waals surface area contributed by atoms with Crippen LogP contribution in [0.5, 0.6) is 17.2 Å². The molecule has 4 aromatic rings. The summed E-state index contributed by atoms with van der Waals surface area (Å²) < 4.78 is 11.8. The van der Waals surface area contributed by atoms with Crippen LogP contribution in [0.2, 0.25) is 0 Å². The second kappa shape index (κ2) is 12.3. The predicted molar refractivity (Wildman–Crippen MR) is 171 cm³/mol. The van der Waals surface area contributed by atoms with Gasteiger partial charge in [0.05, 0.1) is 18.5 Å². The highest BCUT2D eigenvalue weighted by molar-refractivity contribution is 6.08. The lowest BCUT2D eigenvalue weighted by molar-refractivity contribution is 0.0777. The first-order valence-corrected chi connectivity index (χ1v) is 14.4. The number of rotatable bonds is 7. The van der Waals surface area contributed by atoms with Gasteiger partial charge in [0.2, 0.25) is 0 Å². The Bertz CT molecular complexity index is 1650. The second-order valence-electron chi connectivity index (χ2n) is 12.0. The normalized spacial score (nSPS) is 15.0. The van der Waals surface area contributed by atoms with Crippen LogP contribution < -0.4 is 20.1 Å². The van der Waals surface area contributed by atoms with E-state index in [1.807, 2.05) is 67.5 Å². The molecule has 1 aromatic heterocycles. The molecule has 3 aromatic carbocycles. The fourth-order valence-corrected chi connectivity index (χ4v) is 5.25. The van der Waals surface area contributed by atoms with Crippen molar-refractivity contribution in [2.75, 3.05) is 44.9 Å². The molecule has 1 fully saturated rings. The first-order chi connectivity index (χ1) is 20.5. The van der Waals surface area contributed by atoms with Crippen LogP contribution in [0.25, 0.3) is 10.8 Å². The van der Waals surface area contributed by atoms with Gasteiger partial charge in [-0.2, -0.15) is 0 Å². The molecule has 0 bridgehead atoms. The van der Waals surface area contributed by atoms with Crippen LogP contribution in [-0.4, -0.2) is 67.1 Å². The fraction of sp³-hybridized carbons (Fsp3) is 0.324. The molecule has 5 rings (SSSR count). The number of hydrogen-bond acceptors (Lipinski definition) is 6. The lowest BCUT2D eigenvalue weighted by atomic mass is 9.87. The average Bonchev–Trinajstić information content (AvgIpc) is 3.49. The number of aromatic nitrogens is 1. The number of likely N-dealkylation sites (tertiary alicyclic amines) is 1. The molecule has 43 heavy (non-hydrogen) atoms. The summed E-state index contributed by atoms with van der Waals surface area (Å²) in [4.78, 5) is 34.6. The molecule has 0 spiro atoms. The zero-order chi connectivity index (χ0) is 30.7. The highest BCUT2D eigenvalue weighted by Gasteiger charge is 2.29. The summed E-state index contributed by atoms with van der Waals surface area (Å²) in [5.74, 6) is 1.58. The van der Waals surface area contributed by atoms with Crippen LogP contribution in [0.3, 0.4) is 0 Å². The van der Waals surface area contributed by atoms with E-state index in [2.05, 4.69) is 41.3 Å². The van der Waals surface area contributed by atoms with Gasteiger partial charge in [0.25, 0.3) is 5.91 Å². The van der Waals surface area contributed by atoms with Crippen LogP contribution in [0.15, 0.2) is 72.9 Å². The minimum absolute atomic E-state index is 0.0859. The van der Waals surface area contributed by atoms with Gasteiger partial charge in [-0.05, 0) is 61.8 Å². The van der Waals surface area contributed by atoms with Gasteiger partial charge in [-0.15, -0.1) is 0 Å². The smallest absolute Gasteiger partial charge is 0.323 e. The van der Waals surface area contributed by atoms with E-state index in [9.17, 15) is 9.59 Å². The maximum atomic E-state index is 13.2. The van der Waals surface area contributed by atoms with Crippen LogP contribution >= 0.6 is 0 Å². The number of carbonyl (C=O) groups excluding carboxylic acids is 2. The SMILES string of the molecule is COc1ccc(C(C)(C)C)cc1NC(=O)Nc1ccc(Oc2ccnc(C(=O)N3CC[C@H](N(C)C)C3)c2)c2ccccc12. The Labute approximate surface area is 252 Å². The summed E-state index contributed by atoms with van der Waals surface area (Å²) in [6, 6.07) is 20.5. The number of ether oxygens (including phenoxy) is 2. The molecular formula is C34H39N5O4. The predicted octanol–water partition coefficient (Wildman–Crippen LogP) is 6.75. The Kier molecular flexibility index (Phi) is 8.54. The number of anilines is 2. The molecule has 1 atom stereocenters. The second-order valence-corrected chi connectivity index (χ2v) is 12.0. The molecule has 224 valence electrons. The Balaban J connectivity index is 1.34. The molecule has 0 aliphatic carbocycles. The number of hydrogen-bond donors (Lipinski definition) is 2. The largest absolute Gasteiger partial charge is 0.495 e. The summed E-state index contributed by atoms with van der Waals surface area (Å²) in [6.07, 6.45) is 2.53. The molecule has 1 aliphatic rings. The minimum Gasteiger partial charge on any atom is -0.495 e. The van der Waals surface area contributed by atoms with Crippen LogP contribution in [-0.2, 0) is 5.41 Å². The molecule has 9 heteroatoms. The monoisotopic (exact) mass is 581 g/mol. The highest BCUT2D eigenvalue weighted by atomic mass is 16.5. The molecule has 0 unspecified atom stereocenters. The van der Waals surface area contributed by atoms with E-state index in [0.29, 0.717) is 53.4 Å². The zero-order valence-corrected chi connectivity index (χ0v) is 25.6. The Morgan fingerprint density at radius 3 is 2.35 bits per heavy atom. The molecule has 3 amide bonds. The average molecular weight is 582 g/mol. The number of fused-ring (bicyclic) bond motifs is 1. The topological polar surface area (TPSA) is 96.0 Å². The van der Waals surface area contributed by atoms with E-state index in [1.165, 1.54) is 0 Å². The van der Waals surface area contributed by atoms with Gasteiger partial charge in [0.15, 0.2) is 0 Å². The van der Waals surface area contributed by atoms with E-state index in [0.717, 1.165) is 22.8 Å². The van der Waals surface area contributed by atoms with Gasteiger partial charge >= 0.3 is 6.03 Å². The van der Waals surface area contributed by atoms with Crippen molar-refractivity contribution >= 4 is 34.1 Å². The Morgan fingerprint density at radius 2 is 1.65 bits per heavy atom. The van der Waals surface area contributed by atoms with Gasteiger partial charge in [-0.1, -0.05) is 51.1 Å². The van der Waals surface area contributed by atoms with Crippen molar-refractivity contribution in [3.05, 3.63) is 84.2 Å². The minimum atomic E-state index is -0.390. The van der Waals surface area contributed by atoms with Crippen molar-refractivity contribution in [1.82, 2.24) is 14.8 Å². The number of carbonyl (C=O) groups is 2. The van der Waals surface area contributed by atoms with Crippen molar-refractivity contribution in [3.8, 4) is 17.2 Å². The molecule has 0 saturated carbocycles. The zero-order valence-electron chi connectivity index (χ0n) is 25.6. The quantitative estimate of drug-likeness (QED) is 0.251. The fourth-order valence-electron chi connectivity index (χ4n) is 5.25. The van der Waals surface area contributed by atoms with Crippen molar-refractivity contribution in [2.45, 2.75) is 38.6 Å². The summed E-state index contributed by atoms with van der Waals surface area (Å²) in [5.41, 5.74) is 2.56. The third-order valence-electron chi connectivity index (χ3n) is 7.81. The van der Waals surface area contributed by atoms with Crippen molar-refractivity contribution in [3.63, 3.8) is 0 Å². The van der Waals surface area contributed by atoms with Crippen molar-refractivity contribution < 1.29 is 19.1 Å². The molecule has 2 N–H and O–H groups in total. The molecule has 9 nitrogen and oxygen atoms in total. The standard InChI is InChI=1S/C34H39N5O4/c1-34(2,3)22-11-13-31(42-6)28(19-22)37-33(41)36-27-12-14-30(26-10-8-7-9-25(26)27)43-24-15-17-35-29(20-24)32(40)39-18-16-23(21-39)38(4)5/h7-15,17,19-20,23H,16,18,21H2,1-6H3,(H2,36,37,41)/t23-/m0/s1. The lowest BCUT2D eigenvalue weighted by Gasteiger charge is -2.21.